The fourth-order valence-corrected chi connectivity index (χ4v) is 3.12. The Hall–Kier alpha value is 0.220. The monoisotopic (exact) mass is 332 g/mol. The van der Waals surface area contributed by atoms with Crippen molar-refractivity contribution in [2.45, 2.75) is 50.6 Å². The molecule has 0 amide bonds. The third kappa shape index (κ3) is 14.6. The van der Waals surface area contributed by atoms with Gasteiger partial charge in [0.15, 0.2) is 0 Å². The Kier molecular flexibility index (Phi) is 8.71. The summed E-state index contributed by atoms with van der Waals surface area (Å²) in [7, 11) is -8.00. The largest absolute Gasteiger partial charge is 0.325 e. The fraction of sp³-hybridized carbons (Fsp3) is 1.00. The van der Waals surface area contributed by atoms with E-state index in [2.05, 4.69) is 0 Å². The van der Waals surface area contributed by atoms with Gasteiger partial charge in [0.25, 0.3) is 0 Å². The quantitative estimate of drug-likeness (QED) is 0.243. The fourth-order valence-electron chi connectivity index (χ4n) is 1.85. The van der Waals surface area contributed by atoms with E-state index in [1.54, 1.807) is 0 Å². The Labute approximate surface area is 119 Å². The van der Waals surface area contributed by atoms with Gasteiger partial charge in [-0.05, 0) is 25.7 Å². The maximum atomic E-state index is 10.3. The Bertz CT molecular complexity index is 333. The van der Waals surface area contributed by atoms with Gasteiger partial charge in [0.2, 0.25) is 0 Å². The molecule has 8 N–H and O–H groups in total. The Balaban J connectivity index is 0.000000388. The molecule has 0 unspecified atom stereocenters. The van der Waals surface area contributed by atoms with Crippen LogP contribution in [-0.2, 0) is 9.13 Å². The van der Waals surface area contributed by atoms with E-state index in [0.29, 0.717) is 0 Å². The molecule has 20 heavy (non-hydrogen) atoms. The van der Waals surface area contributed by atoms with Gasteiger partial charge >= 0.3 is 15.2 Å². The minimum atomic E-state index is -4.00. The first-order chi connectivity index (χ1) is 8.91. The maximum absolute atomic E-state index is 10.3. The summed E-state index contributed by atoms with van der Waals surface area (Å²) in [5.41, 5.74) is 11.0. The van der Waals surface area contributed by atoms with Crippen molar-refractivity contribution in [1.29, 1.82) is 0 Å². The minimum Gasteiger partial charge on any atom is -0.324 e. The molecule has 1 fully saturated rings. The van der Waals surface area contributed by atoms with Gasteiger partial charge < -0.3 is 31.0 Å². The van der Waals surface area contributed by atoms with Crippen LogP contribution in [0.1, 0.15) is 44.9 Å². The van der Waals surface area contributed by atoms with E-state index in [9.17, 15) is 9.13 Å². The molecular weight excluding hydrogens is 306 g/mol. The smallest absolute Gasteiger partial charge is 0.324 e. The van der Waals surface area contributed by atoms with E-state index in [1.165, 1.54) is 19.3 Å². The Morgan fingerprint density at radius 2 is 1.15 bits per heavy atom. The molecule has 0 saturated heterocycles. The standard InChI is InChI=1S/C6H14N2.C4H12O6P2/c7-6(8)4-2-1-3-5-6;5-11(6,7)3-1-2-4-12(8,9)10/h1-5,7-8H2;1-4H2,(H2,5,6,7)(H2,8,9,10). The van der Waals surface area contributed by atoms with Crippen LogP contribution in [0.15, 0.2) is 0 Å². The third-order valence-corrected chi connectivity index (χ3v) is 4.73. The van der Waals surface area contributed by atoms with E-state index < -0.39 is 15.2 Å². The molecule has 0 aromatic rings. The average Bonchev–Trinajstić information content (AvgIpc) is 2.22. The molecule has 0 aromatic carbocycles. The molecule has 1 saturated carbocycles. The summed E-state index contributed by atoms with van der Waals surface area (Å²) in [6, 6.07) is 0. The second-order valence-electron chi connectivity index (χ2n) is 5.28. The third-order valence-electron chi connectivity index (χ3n) is 2.93. The summed E-state index contributed by atoms with van der Waals surface area (Å²) in [4.78, 5) is 33.5. The van der Waals surface area contributed by atoms with E-state index in [0.717, 1.165) is 12.8 Å². The molecule has 0 atom stereocenters. The van der Waals surface area contributed by atoms with Crippen molar-refractivity contribution in [3.63, 3.8) is 0 Å². The van der Waals surface area contributed by atoms with Crippen LogP contribution in [0.2, 0.25) is 0 Å². The predicted molar refractivity (Wildman–Crippen MR) is 77.2 cm³/mol. The van der Waals surface area contributed by atoms with Gasteiger partial charge in [0.1, 0.15) is 0 Å². The van der Waals surface area contributed by atoms with Gasteiger partial charge in [-0.25, -0.2) is 0 Å². The van der Waals surface area contributed by atoms with E-state index >= 15 is 0 Å². The zero-order valence-electron chi connectivity index (χ0n) is 11.5. The first-order valence-electron chi connectivity index (χ1n) is 6.58. The lowest BCUT2D eigenvalue weighted by atomic mass is 9.91. The molecule has 0 radical (unpaired) electrons. The van der Waals surface area contributed by atoms with Gasteiger partial charge in [0.05, 0.1) is 5.66 Å². The molecule has 8 nitrogen and oxygen atoms in total. The number of hydrogen-bond donors (Lipinski definition) is 6. The van der Waals surface area contributed by atoms with Crippen molar-refractivity contribution in [2.75, 3.05) is 12.3 Å². The predicted octanol–water partition coefficient (Wildman–Crippen LogP) is 0.686. The van der Waals surface area contributed by atoms with Crippen molar-refractivity contribution >= 4 is 15.2 Å². The van der Waals surface area contributed by atoms with Crippen LogP contribution in [0.25, 0.3) is 0 Å². The molecule has 122 valence electrons. The number of rotatable bonds is 5. The molecule has 0 spiro atoms. The van der Waals surface area contributed by atoms with E-state index in [1.807, 2.05) is 0 Å². The summed E-state index contributed by atoms with van der Waals surface area (Å²) >= 11 is 0. The summed E-state index contributed by atoms with van der Waals surface area (Å²) < 4.78 is 20.5. The molecule has 0 aromatic heterocycles. The van der Waals surface area contributed by atoms with Gasteiger partial charge in [-0.3, -0.25) is 9.13 Å². The lowest BCUT2D eigenvalue weighted by Crippen LogP contribution is -2.50. The Morgan fingerprint density at radius 3 is 1.35 bits per heavy atom. The SMILES string of the molecule is NC1(N)CCCCC1.O=P(O)(O)CCCCP(=O)(O)O. The lowest BCUT2D eigenvalue weighted by Gasteiger charge is -2.28. The van der Waals surface area contributed by atoms with Crippen LogP contribution < -0.4 is 11.5 Å². The zero-order chi connectivity index (χ0) is 15.9. The number of nitrogens with two attached hydrogens (primary N) is 2. The molecule has 1 aliphatic rings. The van der Waals surface area contributed by atoms with Gasteiger partial charge in [-0.2, -0.15) is 0 Å². The molecule has 1 aliphatic carbocycles. The second kappa shape index (κ2) is 8.61. The Morgan fingerprint density at radius 1 is 0.800 bits per heavy atom. The highest BCUT2D eigenvalue weighted by Gasteiger charge is 2.21. The topological polar surface area (TPSA) is 167 Å². The summed E-state index contributed by atoms with van der Waals surface area (Å²) in [5.74, 6) is 0. The second-order valence-corrected chi connectivity index (χ2v) is 8.83. The van der Waals surface area contributed by atoms with Crippen molar-refractivity contribution < 1.29 is 28.7 Å². The molecule has 1 rings (SSSR count). The summed E-state index contributed by atoms with van der Waals surface area (Å²) in [6.45, 7) is 0. The van der Waals surface area contributed by atoms with Crippen LogP contribution >= 0.6 is 15.2 Å². The van der Waals surface area contributed by atoms with Crippen LogP contribution in [0.4, 0.5) is 0 Å². The van der Waals surface area contributed by atoms with Crippen molar-refractivity contribution in [3.05, 3.63) is 0 Å². The summed E-state index contributed by atoms with van der Waals surface area (Å²) in [6.07, 6.45) is 5.40. The molecule has 0 aliphatic heterocycles. The lowest BCUT2D eigenvalue weighted by molar-refractivity contribution is 0.306. The van der Waals surface area contributed by atoms with Crippen molar-refractivity contribution in [1.82, 2.24) is 0 Å². The maximum Gasteiger partial charge on any atom is 0.325 e. The highest BCUT2D eigenvalue weighted by atomic mass is 31.2. The highest BCUT2D eigenvalue weighted by molar-refractivity contribution is 7.52. The van der Waals surface area contributed by atoms with Gasteiger partial charge in [-0.1, -0.05) is 19.3 Å². The number of unbranched alkanes of at least 4 members (excludes halogenated alkanes) is 1. The van der Waals surface area contributed by atoms with Crippen LogP contribution in [0.5, 0.6) is 0 Å². The normalized spacial score (nSPS) is 19.1. The van der Waals surface area contributed by atoms with Gasteiger partial charge in [0, 0.05) is 12.3 Å². The van der Waals surface area contributed by atoms with E-state index in [-0.39, 0.29) is 30.8 Å². The first kappa shape index (κ1) is 20.2. The van der Waals surface area contributed by atoms with Crippen molar-refractivity contribution in [2.24, 2.45) is 11.5 Å². The van der Waals surface area contributed by atoms with Crippen LogP contribution in [0.3, 0.4) is 0 Å². The minimum absolute atomic E-state index is 0.134. The molecule has 0 heterocycles. The van der Waals surface area contributed by atoms with Gasteiger partial charge in [-0.15, -0.1) is 0 Å². The summed E-state index contributed by atoms with van der Waals surface area (Å²) in [5, 5.41) is 0. The molecular formula is C10H26N2O6P2. The van der Waals surface area contributed by atoms with E-state index in [4.69, 9.17) is 31.0 Å². The highest BCUT2D eigenvalue weighted by Crippen LogP contribution is 2.38. The molecule has 10 heteroatoms. The van der Waals surface area contributed by atoms with Crippen LogP contribution in [0, 0.1) is 0 Å². The average molecular weight is 332 g/mol. The molecule has 0 bridgehead atoms. The number of hydrogen-bond acceptors (Lipinski definition) is 4. The zero-order valence-corrected chi connectivity index (χ0v) is 13.3. The first-order valence-corrected chi connectivity index (χ1v) is 10.2. The van der Waals surface area contributed by atoms with Crippen LogP contribution in [-0.4, -0.2) is 37.6 Å². The van der Waals surface area contributed by atoms with Crippen molar-refractivity contribution in [3.8, 4) is 0 Å².